The summed E-state index contributed by atoms with van der Waals surface area (Å²) in [6, 6.07) is 0. The van der Waals surface area contributed by atoms with Crippen LogP contribution >= 0.6 is 0 Å². The zero-order valence-corrected chi connectivity index (χ0v) is 12.7. The molecular weight excluding hydrogens is 220 g/mol. The highest BCUT2D eigenvalue weighted by Gasteiger charge is 2.38. The predicted molar refractivity (Wildman–Crippen MR) is 79.8 cm³/mol. The molecule has 0 amide bonds. The van der Waals surface area contributed by atoms with Crippen LogP contribution in [0.4, 0.5) is 0 Å². The molecule has 0 aromatic carbocycles. The molecule has 0 aromatic heterocycles. The molecule has 1 heteroatoms. The molecule has 0 saturated heterocycles. The number of hydrogen-bond donors (Lipinski definition) is 1. The molecule has 2 unspecified atom stereocenters. The molecule has 0 bridgehead atoms. The number of rotatable bonds is 10. The van der Waals surface area contributed by atoms with Crippen molar-refractivity contribution in [3.05, 3.63) is 0 Å². The first-order valence-corrected chi connectivity index (χ1v) is 8.45. The topological polar surface area (TPSA) is 20.2 Å². The maximum absolute atomic E-state index is 10.6. The minimum Gasteiger partial charge on any atom is -0.390 e. The van der Waals surface area contributed by atoms with Crippen molar-refractivity contribution in [2.24, 2.45) is 5.92 Å². The number of hydrogen-bond acceptors (Lipinski definition) is 1. The smallest absolute Gasteiger partial charge is 0.0675 e. The Morgan fingerprint density at radius 1 is 0.944 bits per heavy atom. The van der Waals surface area contributed by atoms with Gasteiger partial charge in [0.1, 0.15) is 0 Å². The van der Waals surface area contributed by atoms with Gasteiger partial charge in [-0.3, -0.25) is 0 Å². The summed E-state index contributed by atoms with van der Waals surface area (Å²) < 4.78 is 0. The maximum atomic E-state index is 10.6. The standard InChI is InChI=1S/C17H34O/c1-3-5-6-7-8-9-10-11-14-17(18)15-12-13-16(17)4-2/h16,18H,3-15H2,1-2H3. The summed E-state index contributed by atoms with van der Waals surface area (Å²) in [6.45, 7) is 4.50. The highest BCUT2D eigenvalue weighted by atomic mass is 16.3. The molecule has 0 aromatic rings. The molecule has 1 N–H and O–H groups in total. The van der Waals surface area contributed by atoms with Gasteiger partial charge in [-0.2, -0.15) is 0 Å². The highest BCUT2D eigenvalue weighted by molar-refractivity contribution is 4.91. The minimum atomic E-state index is -0.295. The van der Waals surface area contributed by atoms with Gasteiger partial charge in [0.05, 0.1) is 5.60 Å². The molecule has 0 spiro atoms. The normalized spacial score (nSPS) is 27.8. The predicted octanol–water partition coefficient (Wildman–Crippen LogP) is 5.46. The summed E-state index contributed by atoms with van der Waals surface area (Å²) in [4.78, 5) is 0. The molecule has 0 aliphatic heterocycles. The van der Waals surface area contributed by atoms with E-state index in [0.29, 0.717) is 5.92 Å². The molecule has 108 valence electrons. The van der Waals surface area contributed by atoms with E-state index in [1.165, 1.54) is 64.2 Å². The van der Waals surface area contributed by atoms with E-state index >= 15 is 0 Å². The van der Waals surface area contributed by atoms with Gasteiger partial charge in [-0.15, -0.1) is 0 Å². The van der Waals surface area contributed by atoms with Crippen molar-refractivity contribution in [3.8, 4) is 0 Å². The SMILES string of the molecule is CCCCCCCCCCC1(O)CCCC1CC. The summed E-state index contributed by atoms with van der Waals surface area (Å²) in [5, 5.41) is 10.6. The van der Waals surface area contributed by atoms with Crippen LogP contribution in [0.1, 0.15) is 97.3 Å². The van der Waals surface area contributed by atoms with Gasteiger partial charge in [0.2, 0.25) is 0 Å². The van der Waals surface area contributed by atoms with Gasteiger partial charge in [0, 0.05) is 0 Å². The summed E-state index contributed by atoms with van der Waals surface area (Å²) in [5.41, 5.74) is -0.295. The third-order valence-electron chi connectivity index (χ3n) is 4.88. The lowest BCUT2D eigenvalue weighted by molar-refractivity contribution is -0.00905. The second-order valence-electron chi connectivity index (χ2n) is 6.33. The quantitative estimate of drug-likeness (QED) is 0.513. The van der Waals surface area contributed by atoms with Gasteiger partial charge >= 0.3 is 0 Å². The van der Waals surface area contributed by atoms with Gasteiger partial charge in [-0.25, -0.2) is 0 Å². The molecule has 1 aliphatic rings. The molecule has 1 aliphatic carbocycles. The number of unbranched alkanes of at least 4 members (excludes halogenated alkanes) is 7. The molecule has 1 nitrogen and oxygen atoms in total. The lowest BCUT2D eigenvalue weighted by atomic mass is 9.84. The Morgan fingerprint density at radius 2 is 1.56 bits per heavy atom. The Balaban J connectivity index is 2.00. The summed E-state index contributed by atoms with van der Waals surface area (Å²) in [5.74, 6) is 0.585. The van der Waals surface area contributed by atoms with E-state index in [1.807, 2.05) is 0 Å². The third kappa shape index (κ3) is 5.30. The minimum absolute atomic E-state index is 0.295. The zero-order valence-electron chi connectivity index (χ0n) is 12.7. The Hall–Kier alpha value is -0.0400. The van der Waals surface area contributed by atoms with E-state index in [1.54, 1.807) is 0 Å². The fourth-order valence-corrected chi connectivity index (χ4v) is 3.61. The molecule has 0 radical (unpaired) electrons. The molecule has 1 rings (SSSR count). The lowest BCUT2D eigenvalue weighted by Gasteiger charge is -2.29. The molecule has 18 heavy (non-hydrogen) atoms. The van der Waals surface area contributed by atoms with Crippen LogP contribution in [-0.2, 0) is 0 Å². The Labute approximate surface area is 114 Å². The van der Waals surface area contributed by atoms with Crippen LogP contribution in [0.25, 0.3) is 0 Å². The van der Waals surface area contributed by atoms with Crippen LogP contribution in [-0.4, -0.2) is 10.7 Å². The maximum Gasteiger partial charge on any atom is 0.0675 e. The van der Waals surface area contributed by atoms with E-state index in [0.717, 1.165) is 19.3 Å². The summed E-state index contributed by atoms with van der Waals surface area (Å²) in [7, 11) is 0. The molecule has 1 fully saturated rings. The third-order valence-corrected chi connectivity index (χ3v) is 4.88. The number of aliphatic hydroxyl groups is 1. The van der Waals surface area contributed by atoms with E-state index in [2.05, 4.69) is 13.8 Å². The van der Waals surface area contributed by atoms with Crippen LogP contribution in [0.15, 0.2) is 0 Å². The van der Waals surface area contributed by atoms with Crippen molar-refractivity contribution in [1.82, 2.24) is 0 Å². The monoisotopic (exact) mass is 254 g/mol. The summed E-state index contributed by atoms with van der Waals surface area (Å²) >= 11 is 0. The molecule has 0 heterocycles. The molecule has 2 atom stereocenters. The van der Waals surface area contributed by atoms with Gasteiger partial charge in [-0.05, 0) is 25.2 Å². The van der Waals surface area contributed by atoms with E-state index in [-0.39, 0.29) is 5.60 Å². The first-order valence-electron chi connectivity index (χ1n) is 8.45. The Morgan fingerprint density at radius 3 is 2.17 bits per heavy atom. The average Bonchev–Trinajstić information content (AvgIpc) is 2.74. The molecule has 1 saturated carbocycles. The van der Waals surface area contributed by atoms with Crippen molar-refractivity contribution in [3.63, 3.8) is 0 Å². The van der Waals surface area contributed by atoms with Crippen LogP contribution < -0.4 is 0 Å². The van der Waals surface area contributed by atoms with Crippen molar-refractivity contribution < 1.29 is 5.11 Å². The highest BCUT2D eigenvalue weighted by Crippen LogP contribution is 2.41. The van der Waals surface area contributed by atoms with Crippen LogP contribution in [0.3, 0.4) is 0 Å². The first kappa shape index (κ1) is 16.0. The van der Waals surface area contributed by atoms with Gasteiger partial charge in [0.15, 0.2) is 0 Å². The largest absolute Gasteiger partial charge is 0.390 e. The van der Waals surface area contributed by atoms with E-state index < -0.39 is 0 Å². The average molecular weight is 254 g/mol. The van der Waals surface area contributed by atoms with Crippen molar-refractivity contribution in [1.29, 1.82) is 0 Å². The fraction of sp³-hybridized carbons (Fsp3) is 1.00. The van der Waals surface area contributed by atoms with E-state index in [9.17, 15) is 5.11 Å². The first-order chi connectivity index (χ1) is 8.73. The summed E-state index contributed by atoms with van der Waals surface area (Å²) in [6.07, 6.45) is 16.7. The van der Waals surface area contributed by atoms with Crippen LogP contribution in [0, 0.1) is 5.92 Å². The Kier molecular flexibility index (Phi) is 7.97. The molecular formula is C17H34O. The van der Waals surface area contributed by atoms with Gasteiger partial charge < -0.3 is 5.11 Å². The van der Waals surface area contributed by atoms with Crippen molar-refractivity contribution in [2.75, 3.05) is 0 Å². The second kappa shape index (κ2) is 8.96. The van der Waals surface area contributed by atoms with Gasteiger partial charge in [0.25, 0.3) is 0 Å². The zero-order chi connectivity index (χ0) is 13.3. The van der Waals surface area contributed by atoms with Crippen molar-refractivity contribution >= 4 is 0 Å². The lowest BCUT2D eigenvalue weighted by Crippen LogP contribution is -2.32. The fourth-order valence-electron chi connectivity index (χ4n) is 3.61. The second-order valence-corrected chi connectivity index (χ2v) is 6.33. The van der Waals surface area contributed by atoms with E-state index in [4.69, 9.17) is 0 Å². The van der Waals surface area contributed by atoms with Crippen LogP contribution in [0.5, 0.6) is 0 Å². The van der Waals surface area contributed by atoms with Crippen LogP contribution in [0.2, 0.25) is 0 Å². The Bertz CT molecular complexity index is 202. The van der Waals surface area contributed by atoms with Crippen molar-refractivity contribution in [2.45, 2.75) is 103 Å². The van der Waals surface area contributed by atoms with Gasteiger partial charge in [-0.1, -0.05) is 78.1 Å².